The van der Waals surface area contributed by atoms with Crippen LogP contribution in [0, 0.1) is 0 Å². The number of aliphatic hydroxyl groups excluding tert-OH is 1. The van der Waals surface area contributed by atoms with Gasteiger partial charge in [-0.1, -0.05) is 30.3 Å². The molecular formula is C19H23NO3. The molecule has 1 aliphatic heterocycles. The zero-order chi connectivity index (χ0) is 16.2. The van der Waals surface area contributed by atoms with Crippen LogP contribution in [0.15, 0.2) is 42.5 Å². The first-order valence-electron chi connectivity index (χ1n) is 7.90. The van der Waals surface area contributed by atoms with E-state index in [1.807, 2.05) is 30.3 Å². The molecule has 1 aliphatic rings. The van der Waals surface area contributed by atoms with Gasteiger partial charge in [0.05, 0.1) is 20.3 Å². The van der Waals surface area contributed by atoms with E-state index in [0.29, 0.717) is 12.3 Å². The molecule has 0 saturated carbocycles. The zero-order valence-corrected chi connectivity index (χ0v) is 13.7. The van der Waals surface area contributed by atoms with Crippen LogP contribution < -0.4 is 9.47 Å². The van der Waals surface area contributed by atoms with Gasteiger partial charge in [-0.2, -0.15) is 0 Å². The van der Waals surface area contributed by atoms with E-state index in [9.17, 15) is 5.11 Å². The lowest BCUT2D eigenvalue weighted by atomic mass is 10.0. The molecule has 0 aromatic heterocycles. The second-order valence-corrected chi connectivity index (χ2v) is 5.89. The number of nitrogens with zero attached hydrogens (tertiary/aromatic N) is 1. The number of hydrogen-bond donors (Lipinski definition) is 1. The third-order valence-electron chi connectivity index (χ3n) is 4.38. The van der Waals surface area contributed by atoms with Crippen molar-refractivity contribution in [1.82, 2.24) is 4.90 Å². The van der Waals surface area contributed by atoms with Gasteiger partial charge in [0.15, 0.2) is 11.5 Å². The van der Waals surface area contributed by atoms with Gasteiger partial charge in [-0.05, 0) is 35.2 Å². The van der Waals surface area contributed by atoms with Gasteiger partial charge in [-0.15, -0.1) is 0 Å². The number of rotatable bonds is 4. The lowest BCUT2D eigenvalue weighted by Gasteiger charge is -2.22. The average molecular weight is 313 g/mol. The van der Waals surface area contributed by atoms with E-state index in [1.54, 1.807) is 14.2 Å². The third-order valence-corrected chi connectivity index (χ3v) is 4.38. The Morgan fingerprint density at radius 1 is 1.09 bits per heavy atom. The Bertz CT molecular complexity index is 657. The number of fused-ring (bicyclic) bond motifs is 1. The number of ether oxygens (including phenoxy) is 2. The first-order chi connectivity index (χ1) is 11.2. The minimum absolute atomic E-state index is 0.518. The van der Waals surface area contributed by atoms with E-state index in [2.05, 4.69) is 17.0 Å². The first kappa shape index (κ1) is 15.8. The van der Waals surface area contributed by atoms with Crippen molar-refractivity contribution < 1.29 is 14.6 Å². The molecule has 0 fully saturated rings. The monoisotopic (exact) mass is 313 g/mol. The van der Waals surface area contributed by atoms with Crippen molar-refractivity contribution in [3.05, 3.63) is 59.2 Å². The number of aliphatic hydroxyl groups is 1. The molecule has 0 amide bonds. The summed E-state index contributed by atoms with van der Waals surface area (Å²) in [6, 6.07) is 14.3. The molecule has 4 nitrogen and oxygen atoms in total. The van der Waals surface area contributed by atoms with Crippen molar-refractivity contribution in [3.8, 4) is 11.5 Å². The number of β-amino-alcohol motifs (C(OH)–C–C–N with tert-alkyl or cyclic N) is 1. The highest BCUT2D eigenvalue weighted by Gasteiger charge is 2.23. The Kier molecular flexibility index (Phi) is 4.84. The molecule has 4 heteroatoms. The summed E-state index contributed by atoms with van der Waals surface area (Å²) in [6.07, 6.45) is 0.371. The lowest BCUT2D eigenvalue weighted by molar-refractivity contribution is 0.116. The van der Waals surface area contributed by atoms with E-state index in [1.165, 1.54) is 5.56 Å². The molecule has 0 radical (unpaired) electrons. The van der Waals surface area contributed by atoms with Gasteiger partial charge in [0.1, 0.15) is 0 Å². The minimum Gasteiger partial charge on any atom is -0.493 e. The minimum atomic E-state index is -0.518. The first-order valence-corrected chi connectivity index (χ1v) is 7.90. The van der Waals surface area contributed by atoms with Crippen LogP contribution in [-0.2, 0) is 13.0 Å². The summed E-state index contributed by atoms with van der Waals surface area (Å²) in [7, 11) is 3.26. The predicted molar refractivity (Wildman–Crippen MR) is 89.9 cm³/mol. The molecule has 1 N–H and O–H groups in total. The normalized spacial score (nSPS) is 18.1. The van der Waals surface area contributed by atoms with Crippen molar-refractivity contribution in [3.63, 3.8) is 0 Å². The van der Waals surface area contributed by atoms with Crippen LogP contribution in [0.4, 0.5) is 0 Å². The van der Waals surface area contributed by atoms with Crippen LogP contribution in [0.25, 0.3) is 0 Å². The van der Waals surface area contributed by atoms with Crippen LogP contribution in [0.3, 0.4) is 0 Å². The maximum absolute atomic E-state index is 10.6. The second kappa shape index (κ2) is 7.02. The number of benzene rings is 2. The maximum Gasteiger partial charge on any atom is 0.161 e. The molecule has 0 saturated heterocycles. The topological polar surface area (TPSA) is 41.9 Å². The van der Waals surface area contributed by atoms with Gasteiger partial charge >= 0.3 is 0 Å². The van der Waals surface area contributed by atoms with Crippen LogP contribution in [-0.4, -0.2) is 37.3 Å². The van der Waals surface area contributed by atoms with Crippen molar-refractivity contribution in [1.29, 1.82) is 0 Å². The molecular weight excluding hydrogens is 290 g/mol. The fourth-order valence-corrected chi connectivity index (χ4v) is 3.16. The summed E-state index contributed by atoms with van der Waals surface area (Å²) in [5.41, 5.74) is 3.34. The summed E-state index contributed by atoms with van der Waals surface area (Å²) < 4.78 is 10.7. The van der Waals surface area contributed by atoms with Crippen LogP contribution in [0.5, 0.6) is 11.5 Å². The quantitative estimate of drug-likeness (QED) is 0.942. The summed E-state index contributed by atoms with van der Waals surface area (Å²) in [5.74, 6) is 1.39. The van der Waals surface area contributed by atoms with Crippen molar-refractivity contribution >= 4 is 0 Å². The molecule has 23 heavy (non-hydrogen) atoms. The summed E-state index contributed by atoms with van der Waals surface area (Å²) >= 11 is 0. The highest BCUT2D eigenvalue weighted by Crippen LogP contribution is 2.35. The molecule has 0 spiro atoms. The van der Waals surface area contributed by atoms with Crippen molar-refractivity contribution in [2.24, 2.45) is 0 Å². The highest BCUT2D eigenvalue weighted by molar-refractivity contribution is 5.48. The van der Waals surface area contributed by atoms with E-state index in [-0.39, 0.29) is 0 Å². The van der Waals surface area contributed by atoms with Crippen molar-refractivity contribution in [2.45, 2.75) is 19.1 Å². The van der Waals surface area contributed by atoms with E-state index < -0.39 is 6.10 Å². The highest BCUT2D eigenvalue weighted by atomic mass is 16.5. The second-order valence-electron chi connectivity index (χ2n) is 5.89. The molecule has 122 valence electrons. The fourth-order valence-electron chi connectivity index (χ4n) is 3.16. The SMILES string of the molecule is COc1cc2c(cc1OC)C(O)CN(Cc1ccccc1)CC2. The Balaban J connectivity index is 1.82. The summed E-state index contributed by atoms with van der Waals surface area (Å²) in [6.45, 7) is 2.38. The van der Waals surface area contributed by atoms with E-state index in [0.717, 1.165) is 36.4 Å². The fraction of sp³-hybridized carbons (Fsp3) is 0.368. The third kappa shape index (κ3) is 3.49. The molecule has 0 aliphatic carbocycles. The average Bonchev–Trinajstić information content (AvgIpc) is 2.73. The van der Waals surface area contributed by atoms with Crippen LogP contribution in [0.1, 0.15) is 22.8 Å². The Morgan fingerprint density at radius 3 is 2.48 bits per heavy atom. The van der Waals surface area contributed by atoms with Gasteiger partial charge in [-0.25, -0.2) is 0 Å². The van der Waals surface area contributed by atoms with Crippen molar-refractivity contribution in [2.75, 3.05) is 27.3 Å². The van der Waals surface area contributed by atoms with Gasteiger partial charge in [-0.3, -0.25) is 4.90 Å². The molecule has 1 atom stereocenters. The summed E-state index contributed by atoms with van der Waals surface area (Å²) in [5, 5.41) is 10.6. The predicted octanol–water partition coefficient (Wildman–Crippen LogP) is 2.80. The maximum atomic E-state index is 10.6. The molecule has 2 aromatic carbocycles. The zero-order valence-electron chi connectivity index (χ0n) is 13.7. The van der Waals surface area contributed by atoms with E-state index >= 15 is 0 Å². The number of hydrogen-bond acceptors (Lipinski definition) is 4. The molecule has 0 bridgehead atoms. The lowest BCUT2D eigenvalue weighted by Crippen LogP contribution is -2.27. The largest absolute Gasteiger partial charge is 0.493 e. The van der Waals surface area contributed by atoms with Gasteiger partial charge in [0.25, 0.3) is 0 Å². The molecule has 1 unspecified atom stereocenters. The van der Waals surface area contributed by atoms with Gasteiger partial charge < -0.3 is 14.6 Å². The Labute approximate surface area is 137 Å². The van der Waals surface area contributed by atoms with Gasteiger partial charge in [0.2, 0.25) is 0 Å². The standard InChI is InChI=1S/C19H23NO3/c1-22-18-10-15-8-9-20(12-14-6-4-3-5-7-14)13-17(21)16(15)11-19(18)23-2/h3-7,10-11,17,21H,8-9,12-13H2,1-2H3. The smallest absolute Gasteiger partial charge is 0.161 e. The van der Waals surface area contributed by atoms with Crippen LogP contribution in [0.2, 0.25) is 0 Å². The van der Waals surface area contributed by atoms with E-state index in [4.69, 9.17) is 9.47 Å². The summed E-state index contributed by atoms with van der Waals surface area (Å²) in [4.78, 5) is 2.29. The number of methoxy groups -OCH3 is 2. The Hall–Kier alpha value is -2.04. The van der Waals surface area contributed by atoms with Gasteiger partial charge in [0, 0.05) is 19.6 Å². The molecule has 2 aromatic rings. The Morgan fingerprint density at radius 2 is 1.78 bits per heavy atom. The molecule has 3 rings (SSSR count). The molecule has 1 heterocycles. The van der Waals surface area contributed by atoms with Crippen LogP contribution >= 0.6 is 0 Å².